The van der Waals surface area contributed by atoms with E-state index in [1.54, 1.807) is 24.3 Å². The van der Waals surface area contributed by atoms with Crippen LogP contribution in [-0.2, 0) is 0 Å². The minimum atomic E-state index is -1.11. The fourth-order valence-electron chi connectivity index (χ4n) is 1.79. The van der Waals surface area contributed by atoms with Crippen molar-refractivity contribution >= 4 is 5.78 Å². The summed E-state index contributed by atoms with van der Waals surface area (Å²) >= 11 is 0. The Morgan fingerprint density at radius 2 is 2.19 bits per heavy atom. The molecule has 1 aromatic rings. The highest BCUT2D eigenvalue weighted by atomic mass is 16.5. The number of aryl methyl sites for hydroxylation is 1. The summed E-state index contributed by atoms with van der Waals surface area (Å²) in [4.78, 5) is 11.9. The van der Waals surface area contributed by atoms with Gasteiger partial charge in [0.2, 0.25) is 0 Å². The third-order valence-electron chi connectivity index (χ3n) is 2.63. The Balaban J connectivity index is 2.44. The van der Waals surface area contributed by atoms with Gasteiger partial charge in [-0.25, -0.2) is 0 Å². The predicted octanol–water partition coefficient (Wildman–Crippen LogP) is 1.88. The zero-order valence-electron chi connectivity index (χ0n) is 9.31. The summed E-state index contributed by atoms with van der Waals surface area (Å²) in [5.41, 5.74) is 1.45. The predicted molar refractivity (Wildman–Crippen MR) is 60.7 cm³/mol. The number of fused-ring (bicyclic) bond motifs is 1. The number of rotatable bonds is 1. The highest BCUT2D eigenvalue weighted by Gasteiger charge is 2.34. The van der Waals surface area contributed by atoms with E-state index in [0.717, 1.165) is 5.56 Å². The summed E-state index contributed by atoms with van der Waals surface area (Å²) in [5.74, 6) is 0.275. The van der Waals surface area contributed by atoms with Gasteiger partial charge in [0, 0.05) is 0 Å². The molecule has 84 valence electrons. The van der Waals surface area contributed by atoms with E-state index in [-0.39, 0.29) is 5.78 Å². The molecule has 1 aliphatic rings. The molecule has 2 atom stereocenters. The lowest BCUT2D eigenvalue weighted by Gasteiger charge is -2.27. The molecular formula is C13H14O3. The van der Waals surface area contributed by atoms with Gasteiger partial charge in [-0.15, -0.1) is 0 Å². The first-order chi connectivity index (χ1) is 7.63. The molecule has 16 heavy (non-hydrogen) atoms. The van der Waals surface area contributed by atoms with Gasteiger partial charge in [0.1, 0.15) is 5.75 Å². The topological polar surface area (TPSA) is 46.5 Å². The maximum Gasteiger partial charge on any atom is 0.199 e. The van der Waals surface area contributed by atoms with Gasteiger partial charge < -0.3 is 9.84 Å². The second-order valence-electron chi connectivity index (χ2n) is 3.92. The first kappa shape index (κ1) is 10.9. The van der Waals surface area contributed by atoms with Crippen molar-refractivity contribution < 1.29 is 14.6 Å². The van der Waals surface area contributed by atoms with Crippen molar-refractivity contribution in [1.29, 1.82) is 0 Å². The number of benzene rings is 1. The molecule has 0 bridgehead atoms. The zero-order chi connectivity index (χ0) is 11.7. The molecular weight excluding hydrogens is 204 g/mol. The Hall–Kier alpha value is -1.61. The molecule has 0 unspecified atom stereocenters. The first-order valence-corrected chi connectivity index (χ1v) is 5.26. The SMILES string of the molecule is C/C=C/[C@H]1Oc2ccc(C)cc2C(=O)[C@H]1O. The van der Waals surface area contributed by atoms with Gasteiger partial charge in [0.15, 0.2) is 18.0 Å². The van der Waals surface area contributed by atoms with Crippen molar-refractivity contribution in [3.63, 3.8) is 0 Å². The molecule has 0 saturated heterocycles. The van der Waals surface area contributed by atoms with Gasteiger partial charge in [0.25, 0.3) is 0 Å². The molecule has 1 aliphatic heterocycles. The second-order valence-corrected chi connectivity index (χ2v) is 3.92. The Morgan fingerprint density at radius 1 is 1.44 bits per heavy atom. The molecule has 0 saturated carbocycles. The lowest BCUT2D eigenvalue weighted by atomic mass is 9.96. The van der Waals surface area contributed by atoms with Gasteiger partial charge in [-0.3, -0.25) is 4.79 Å². The van der Waals surface area contributed by atoms with Crippen molar-refractivity contribution in [1.82, 2.24) is 0 Å². The molecule has 0 amide bonds. The number of hydrogen-bond acceptors (Lipinski definition) is 3. The largest absolute Gasteiger partial charge is 0.482 e. The minimum Gasteiger partial charge on any atom is -0.482 e. The van der Waals surface area contributed by atoms with Gasteiger partial charge in [-0.05, 0) is 32.1 Å². The lowest BCUT2D eigenvalue weighted by molar-refractivity contribution is 0.0378. The molecule has 0 fully saturated rings. The number of ketones is 1. The summed E-state index contributed by atoms with van der Waals surface area (Å²) < 4.78 is 5.55. The van der Waals surface area contributed by atoms with Crippen LogP contribution in [0.15, 0.2) is 30.4 Å². The maximum atomic E-state index is 11.9. The molecule has 2 rings (SSSR count). The average molecular weight is 218 g/mol. The van der Waals surface area contributed by atoms with E-state index in [0.29, 0.717) is 11.3 Å². The van der Waals surface area contributed by atoms with E-state index >= 15 is 0 Å². The van der Waals surface area contributed by atoms with Crippen LogP contribution in [0.3, 0.4) is 0 Å². The van der Waals surface area contributed by atoms with E-state index in [1.165, 1.54) is 0 Å². The molecule has 1 N–H and O–H groups in total. The summed E-state index contributed by atoms with van der Waals surface area (Å²) in [6, 6.07) is 5.40. The number of aliphatic hydroxyl groups is 1. The Bertz CT molecular complexity index is 448. The average Bonchev–Trinajstić information content (AvgIpc) is 2.27. The van der Waals surface area contributed by atoms with E-state index in [4.69, 9.17) is 4.74 Å². The molecule has 3 nitrogen and oxygen atoms in total. The first-order valence-electron chi connectivity index (χ1n) is 5.26. The van der Waals surface area contributed by atoms with Crippen LogP contribution in [0.25, 0.3) is 0 Å². The Labute approximate surface area is 94.4 Å². The fraction of sp³-hybridized carbons (Fsp3) is 0.308. The summed E-state index contributed by atoms with van der Waals surface area (Å²) in [5, 5.41) is 9.78. The summed E-state index contributed by atoms with van der Waals surface area (Å²) in [7, 11) is 0. The number of hydrogen-bond donors (Lipinski definition) is 1. The second kappa shape index (κ2) is 4.10. The van der Waals surface area contributed by atoms with Crippen molar-refractivity contribution in [3.8, 4) is 5.75 Å². The summed E-state index contributed by atoms with van der Waals surface area (Å²) in [6.07, 6.45) is 1.77. The van der Waals surface area contributed by atoms with Crippen molar-refractivity contribution in [3.05, 3.63) is 41.5 Å². The fourth-order valence-corrected chi connectivity index (χ4v) is 1.79. The van der Waals surface area contributed by atoms with Crippen LogP contribution in [0.4, 0.5) is 0 Å². The van der Waals surface area contributed by atoms with Crippen LogP contribution in [0.1, 0.15) is 22.8 Å². The van der Waals surface area contributed by atoms with E-state index in [2.05, 4.69) is 0 Å². The van der Waals surface area contributed by atoms with Crippen LogP contribution in [-0.4, -0.2) is 23.1 Å². The van der Waals surface area contributed by atoms with Gasteiger partial charge >= 0.3 is 0 Å². The van der Waals surface area contributed by atoms with E-state index < -0.39 is 12.2 Å². The minimum absolute atomic E-state index is 0.270. The van der Waals surface area contributed by atoms with Crippen LogP contribution in [0.2, 0.25) is 0 Å². The highest BCUT2D eigenvalue weighted by Crippen LogP contribution is 2.29. The monoisotopic (exact) mass is 218 g/mol. The Kier molecular flexibility index (Phi) is 2.79. The van der Waals surface area contributed by atoms with Gasteiger partial charge in [-0.2, -0.15) is 0 Å². The molecule has 3 heteroatoms. The van der Waals surface area contributed by atoms with Crippen LogP contribution < -0.4 is 4.74 Å². The van der Waals surface area contributed by atoms with Crippen LogP contribution in [0.5, 0.6) is 5.75 Å². The maximum absolute atomic E-state index is 11.9. The number of carbonyl (C=O) groups excluding carboxylic acids is 1. The summed E-state index contributed by atoms with van der Waals surface area (Å²) in [6.45, 7) is 3.73. The molecule has 1 aromatic carbocycles. The number of aliphatic hydroxyl groups excluding tert-OH is 1. The van der Waals surface area contributed by atoms with Crippen molar-refractivity contribution in [2.24, 2.45) is 0 Å². The standard InChI is InChI=1S/C13H14O3/c1-3-4-11-13(15)12(14)9-7-8(2)5-6-10(9)16-11/h3-7,11,13,15H,1-2H3/b4-3+/t11-,13+/m1/s1. The lowest BCUT2D eigenvalue weighted by Crippen LogP contribution is -2.41. The molecule has 0 aliphatic carbocycles. The van der Waals surface area contributed by atoms with Crippen molar-refractivity contribution in [2.45, 2.75) is 26.1 Å². The smallest absolute Gasteiger partial charge is 0.199 e. The number of ether oxygens (including phenoxy) is 1. The van der Waals surface area contributed by atoms with E-state index in [1.807, 2.05) is 19.9 Å². The quantitative estimate of drug-likeness (QED) is 0.732. The van der Waals surface area contributed by atoms with Gasteiger partial charge in [0.05, 0.1) is 5.56 Å². The zero-order valence-corrected chi connectivity index (χ0v) is 9.31. The van der Waals surface area contributed by atoms with E-state index in [9.17, 15) is 9.90 Å². The molecule has 1 heterocycles. The number of carbonyl (C=O) groups is 1. The molecule has 0 spiro atoms. The highest BCUT2D eigenvalue weighted by molar-refractivity contribution is 6.03. The normalized spacial score (nSPS) is 24.3. The third-order valence-corrected chi connectivity index (χ3v) is 2.63. The number of allylic oxidation sites excluding steroid dienone is 1. The van der Waals surface area contributed by atoms with Crippen LogP contribution in [0, 0.1) is 6.92 Å². The van der Waals surface area contributed by atoms with Gasteiger partial charge in [-0.1, -0.05) is 17.7 Å². The Morgan fingerprint density at radius 3 is 2.88 bits per heavy atom. The molecule has 0 aromatic heterocycles. The molecule has 0 radical (unpaired) electrons. The number of Topliss-reactive ketones (excluding diaryl/α,β-unsaturated/α-hetero) is 1. The third kappa shape index (κ3) is 1.74. The van der Waals surface area contributed by atoms with Crippen LogP contribution >= 0.6 is 0 Å². The van der Waals surface area contributed by atoms with Crippen molar-refractivity contribution in [2.75, 3.05) is 0 Å².